The van der Waals surface area contributed by atoms with Crippen LogP contribution in [0.2, 0.25) is 35.7 Å². The first-order valence-electron chi connectivity index (χ1n) is 11.3. The summed E-state index contributed by atoms with van der Waals surface area (Å²) in [5.41, 5.74) is 1.18. The summed E-state index contributed by atoms with van der Waals surface area (Å²) < 4.78 is 16.7. The number of hydrogen-bond acceptors (Lipinski definition) is 5. The highest BCUT2D eigenvalue weighted by atomic mass is 35.5. The Morgan fingerprint density at radius 3 is 2.40 bits per heavy atom. The van der Waals surface area contributed by atoms with Gasteiger partial charge in [-0.1, -0.05) is 48.9 Å². The number of hydrogen-bond donors (Lipinski definition) is 0. The molecule has 0 aromatic heterocycles. The molecular weight excluding hydrogens is 505 g/mol. The Kier molecular flexibility index (Phi) is 8.37. The number of carbonyl (C=O) groups is 2. The van der Waals surface area contributed by atoms with Gasteiger partial charge in [0.15, 0.2) is 5.60 Å². The first-order chi connectivity index (χ1) is 16.3. The van der Waals surface area contributed by atoms with Crippen molar-refractivity contribution >= 4 is 60.5 Å². The normalized spacial score (nSPS) is 14.9. The number of nitrogens with zero attached hydrogens (tertiary/aromatic N) is 1. The van der Waals surface area contributed by atoms with Gasteiger partial charge >= 0.3 is 5.97 Å². The maximum atomic E-state index is 13.5. The van der Waals surface area contributed by atoms with E-state index in [1.54, 1.807) is 55.2 Å². The van der Waals surface area contributed by atoms with Gasteiger partial charge < -0.3 is 14.2 Å². The van der Waals surface area contributed by atoms with Gasteiger partial charge in [-0.2, -0.15) is 0 Å². The highest BCUT2D eigenvalue weighted by molar-refractivity contribution is 6.76. The molecule has 0 radical (unpaired) electrons. The monoisotopic (exact) mass is 535 g/mol. The van der Waals surface area contributed by atoms with Crippen LogP contribution < -0.4 is 9.64 Å². The molecule has 9 heteroatoms. The van der Waals surface area contributed by atoms with Crippen LogP contribution in [0.5, 0.6) is 5.75 Å². The Labute approximate surface area is 217 Å². The molecule has 1 aliphatic rings. The third kappa shape index (κ3) is 6.67. The molecule has 0 bridgehead atoms. The number of fused-ring (bicyclic) bond motifs is 1. The van der Waals surface area contributed by atoms with Gasteiger partial charge in [0.1, 0.15) is 12.5 Å². The predicted molar refractivity (Wildman–Crippen MR) is 144 cm³/mol. The molecule has 35 heavy (non-hydrogen) atoms. The molecule has 0 saturated carbocycles. The lowest BCUT2D eigenvalue weighted by Gasteiger charge is -2.24. The molecule has 1 heterocycles. The van der Waals surface area contributed by atoms with Gasteiger partial charge in [-0.15, -0.1) is 0 Å². The van der Waals surface area contributed by atoms with E-state index in [1.807, 2.05) is 6.07 Å². The van der Waals surface area contributed by atoms with Crippen LogP contribution in [0.4, 0.5) is 5.69 Å². The minimum absolute atomic E-state index is 0.127. The molecule has 2 aromatic carbocycles. The van der Waals surface area contributed by atoms with Crippen molar-refractivity contribution in [3.05, 3.63) is 57.6 Å². The number of ether oxygens (including phenoxy) is 3. The quantitative estimate of drug-likeness (QED) is 0.158. The molecule has 6 nitrogen and oxygen atoms in total. The number of anilines is 1. The van der Waals surface area contributed by atoms with Crippen LogP contribution in [0.15, 0.2) is 36.4 Å². The van der Waals surface area contributed by atoms with Crippen LogP contribution in [0.25, 0.3) is 11.6 Å². The first-order valence-corrected chi connectivity index (χ1v) is 15.8. The van der Waals surface area contributed by atoms with Crippen molar-refractivity contribution in [1.82, 2.24) is 0 Å². The third-order valence-corrected chi connectivity index (χ3v) is 7.72. The number of methoxy groups -OCH3 is 1. The Balaban J connectivity index is 1.97. The van der Waals surface area contributed by atoms with E-state index >= 15 is 0 Å². The number of benzene rings is 2. The fourth-order valence-electron chi connectivity index (χ4n) is 3.57. The fraction of sp³-hybridized carbons (Fsp3) is 0.385. The molecule has 0 spiro atoms. The molecular formula is C26H31Cl2NO5Si. The van der Waals surface area contributed by atoms with Crippen molar-refractivity contribution in [3.63, 3.8) is 0 Å². The van der Waals surface area contributed by atoms with Gasteiger partial charge in [-0.25, -0.2) is 4.79 Å². The maximum absolute atomic E-state index is 13.5. The van der Waals surface area contributed by atoms with E-state index in [1.165, 1.54) is 7.11 Å². The number of rotatable bonds is 9. The Hall–Kier alpha value is -2.32. The van der Waals surface area contributed by atoms with Crippen molar-refractivity contribution in [3.8, 4) is 5.75 Å². The largest absolute Gasteiger partial charge is 0.476 e. The van der Waals surface area contributed by atoms with E-state index in [-0.39, 0.29) is 12.6 Å². The summed E-state index contributed by atoms with van der Waals surface area (Å²) in [6.07, 6.45) is 1.71. The highest BCUT2D eigenvalue weighted by Gasteiger charge is 2.34. The highest BCUT2D eigenvalue weighted by Crippen LogP contribution is 2.41. The summed E-state index contributed by atoms with van der Waals surface area (Å²) in [5.74, 6) is -0.344. The van der Waals surface area contributed by atoms with Crippen LogP contribution in [-0.2, 0) is 19.1 Å². The average Bonchev–Trinajstić information content (AvgIpc) is 3.02. The van der Waals surface area contributed by atoms with Crippen molar-refractivity contribution in [2.24, 2.45) is 0 Å². The second-order valence-corrected chi connectivity index (χ2v) is 16.6. The summed E-state index contributed by atoms with van der Waals surface area (Å²) in [6, 6.07) is 11.3. The number of esters is 1. The second-order valence-electron chi connectivity index (χ2n) is 10.1. The van der Waals surface area contributed by atoms with Gasteiger partial charge in [0.05, 0.1) is 18.4 Å². The Bertz CT molecular complexity index is 1160. The zero-order valence-corrected chi connectivity index (χ0v) is 23.4. The van der Waals surface area contributed by atoms with Crippen LogP contribution >= 0.6 is 23.2 Å². The number of halogens is 2. The van der Waals surface area contributed by atoms with E-state index < -0.39 is 19.6 Å². The van der Waals surface area contributed by atoms with Crippen molar-refractivity contribution in [2.75, 3.05) is 25.3 Å². The van der Waals surface area contributed by atoms with E-state index in [0.29, 0.717) is 39.2 Å². The number of carbonyl (C=O) groups excluding carboxylic acids is 2. The van der Waals surface area contributed by atoms with Gasteiger partial charge in [0, 0.05) is 35.9 Å². The van der Waals surface area contributed by atoms with Crippen molar-refractivity contribution < 1.29 is 23.8 Å². The molecule has 0 fully saturated rings. The van der Waals surface area contributed by atoms with E-state index in [2.05, 4.69) is 19.6 Å². The van der Waals surface area contributed by atoms with Crippen molar-refractivity contribution in [2.45, 2.75) is 45.1 Å². The number of amides is 1. The van der Waals surface area contributed by atoms with Crippen LogP contribution in [-0.4, -0.2) is 46.0 Å². The van der Waals surface area contributed by atoms with E-state index in [9.17, 15) is 9.59 Å². The summed E-state index contributed by atoms with van der Waals surface area (Å²) >= 11 is 12.5. The Morgan fingerprint density at radius 1 is 1.09 bits per heavy atom. The zero-order valence-electron chi connectivity index (χ0n) is 20.9. The molecule has 0 aliphatic carbocycles. The van der Waals surface area contributed by atoms with Gasteiger partial charge in [-0.05, 0) is 56.3 Å². The van der Waals surface area contributed by atoms with Gasteiger partial charge in [0.25, 0.3) is 5.91 Å². The molecule has 3 rings (SSSR count). The van der Waals surface area contributed by atoms with Crippen LogP contribution in [0.3, 0.4) is 0 Å². The molecule has 0 atom stereocenters. The van der Waals surface area contributed by atoms with E-state index in [0.717, 1.165) is 11.6 Å². The van der Waals surface area contributed by atoms with Crippen molar-refractivity contribution in [1.29, 1.82) is 0 Å². The summed E-state index contributed by atoms with van der Waals surface area (Å²) in [7, 11) is 0.0445. The third-order valence-electron chi connectivity index (χ3n) is 5.55. The van der Waals surface area contributed by atoms with Gasteiger partial charge in [0.2, 0.25) is 0 Å². The minimum Gasteiger partial charge on any atom is -0.476 e. The summed E-state index contributed by atoms with van der Waals surface area (Å²) in [5, 5.41) is 0.991. The fourth-order valence-corrected chi connectivity index (χ4v) is 4.67. The first kappa shape index (κ1) is 27.3. The molecule has 1 amide bonds. The van der Waals surface area contributed by atoms with Crippen LogP contribution in [0, 0.1) is 0 Å². The molecule has 0 N–H and O–H groups in total. The smallest absolute Gasteiger partial charge is 0.349 e. The lowest BCUT2D eigenvalue weighted by molar-refractivity contribution is -0.156. The molecule has 1 aliphatic heterocycles. The standard InChI is InChI=1S/C26H31Cl2NO5Si/c1-26(2,25(31)32-3)34-23-10-8-18(27)13-17(23)14-21-20-9-7-19(28)15-22(20)29(24(21)30)16-33-11-12-35(4,5)6/h7-10,13-15H,11-12,16H2,1-6H3/b21-14+. The summed E-state index contributed by atoms with van der Waals surface area (Å²) in [6.45, 7) is 10.8. The molecule has 0 saturated heterocycles. The minimum atomic E-state index is -1.26. The Morgan fingerprint density at radius 2 is 1.74 bits per heavy atom. The average molecular weight is 537 g/mol. The molecule has 188 valence electrons. The molecule has 0 unspecified atom stereocenters. The topological polar surface area (TPSA) is 65.1 Å². The summed E-state index contributed by atoms with van der Waals surface area (Å²) in [4.78, 5) is 27.2. The zero-order chi connectivity index (χ0) is 26.0. The van der Waals surface area contributed by atoms with Crippen LogP contribution in [0.1, 0.15) is 25.0 Å². The lowest BCUT2D eigenvalue weighted by Crippen LogP contribution is -2.39. The predicted octanol–water partition coefficient (Wildman–Crippen LogP) is 6.52. The van der Waals surface area contributed by atoms with E-state index in [4.69, 9.17) is 37.4 Å². The van der Waals surface area contributed by atoms with Gasteiger partial charge in [-0.3, -0.25) is 9.69 Å². The second kappa shape index (κ2) is 10.7. The molecule has 2 aromatic rings. The maximum Gasteiger partial charge on any atom is 0.349 e. The SMILES string of the molecule is COC(=O)C(C)(C)Oc1ccc(Cl)cc1/C=C1/C(=O)N(COCC[Si](C)(C)C)c2cc(Cl)ccc21. The lowest BCUT2D eigenvalue weighted by atomic mass is 10.0.